The molecular formula is C81H124N14O20. The summed E-state index contributed by atoms with van der Waals surface area (Å²) < 4.78 is 0. The molecule has 1 aliphatic rings. The molecule has 0 spiro atoms. The number of nitrogens with two attached hydrogens (primary N) is 2. The number of H-pyrrole nitrogens is 1. The molecule has 4 rings (SSSR count). The Morgan fingerprint density at radius 2 is 0.957 bits per heavy atom. The van der Waals surface area contributed by atoms with Crippen LogP contribution in [0.3, 0.4) is 0 Å². The maximum Gasteiger partial charge on any atom is 0.326 e. The number of allylic oxidation sites excluding steroid dienone is 2. The van der Waals surface area contributed by atoms with E-state index in [2.05, 4.69) is 70.3 Å². The fraction of sp³-hybridized carbons (Fsp3) is 0.617. The second-order valence-electron chi connectivity index (χ2n) is 30.7. The van der Waals surface area contributed by atoms with E-state index >= 15 is 0 Å². The zero-order valence-electron chi connectivity index (χ0n) is 67.5. The van der Waals surface area contributed by atoms with E-state index in [1.165, 1.54) is 18.7 Å². The molecule has 14 atom stereocenters. The second kappa shape index (κ2) is 50.8. The normalized spacial score (nSPS) is 16.2. The van der Waals surface area contributed by atoms with Gasteiger partial charge in [0.05, 0.1) is 25.2 Å². The molecule has 0 saturated carbocycles. The predicted molar refractivity (Wildman–Crippen MR) is 426 cm³/mol. The number of likely N-dealkylation sites (tertiary alicyclic amines) is 1. The first-order valence-electron chi connectivity index (χ1n) is 40.1. The van der Waals surface area contributed by atoms with Crippen LogP contribution in [0.2, 0.25) is 0 Å². The van der Waals surface area contributed by atoms with Gasteiger partial charge >= 0.3 is 11.9 Å². The van der Waals surface area contributed by atoms with Gasteiger partial charge < -0.3 is 100 Å². The van der Waals surface area contributed by atoms with Crippen molar-refractivity contribution in [1.82, 2.24) is 63.1 Å². The Morgan fingerprint density at radius 3 is 1.48 bits per heavy atom. The summed E-state index contributed by atoms with van der Waals surface area (Å²) in [5.41, 5.74) is 12.9. The van der Waals surface area contributed by atoms with Crippen molar-refractivity contribution in [2.45, 2.75) is 288 Å². The second-order valence-corrected chi connectivity index (χ2v) is 30.7. The van der Waals surface area contributed by atoms with Gasteiger partial charge in [-0.3, -0.25) is 62.3 Å². The van der Waals surface area contributed by atoms with Crippen molar-refractivity contribution in [2.24, 2.45) is 29.2 Å². The zero-order chi connectivity index (χ0) is 85.4. The standard InChI is InChI=1S/C81H124N14O20/c1-9-49(6)68(77(109)94-70(51(8)98)79(111)89-58(41-48(4)5)73(105)91-61(81(114)115)43-53-45-84-55-33-28-27-32-54(53)55)92-71(103)56(37-38-64(82)99)86-76(108)63-34-29-39-95(63)67(102)36-26-21-19-17-15-13-11-10-12-14-16-18-20-25-35-66(101)85-62(46-96)75(107)93-69(50(7)97)78(110)88-57(40-47(2)3)72(104)87-59(44-65(83)100)74(106)90-60(80(112)113)42-52-30-23-22-24-31-52/h10-11,22-24,27-28,30-33,45,47-51,56-63,68-70,84,96-98H,9,12-21,25-26,29,34-44,46H2,1-8H3,(H2,82,99)(H2,83,100)(H,85,101)(H,86,108)(H,87,104)(H,88,110)(H,89,111)(H,90,106)(H,91,105)(H,92,103)(H,93,107)(H,94,109)(H,112,113)(H,114,115)/b11-10+/t49-,50+,51+,56-,57-,58-,59-,60-,61-,62-,63-,68-,69-,70-/m0/s1. The van der Waals surface area contributed by atoms with Crippen LogP contribution >= 0.6 is 0 Å². The van der Waals surface area contributed by atoms with Gasteiger partial charge in [0.1, 0.15) is 66.5 Å². The number of aromatic amines is 1. The number of amides is 13. The Kier molecular flexibility index (Phi) is 42.8. The molecule has 1 aromatic heterocycles. The van der Waals surface area contributed by atoms with Crippen LogP contribution in [0.5, 0.6) is 0 Å². The smallest absolute Gasteiger partial charge is 0.326 e. The van der Waals surface area contributed by atoms with Crippen LogP contribution in [0.1, 0.15) is 208 Å². The molecule has 2 aromatic carbocycles. The molecule has 0 bridgehead atoms. The third-order valence-electron chi connectivity index (χ3n) is 20.0. The minimum atomic E-state index is -1.70. The highest BCUT2D eigenvalue weighted by molar-refractivity contribution is 6.00. The molecule has 115 heavy (non-hydrogen) atoms. The minimum Gasteiger partial charge on any atom is -0.480 e. The molecule has 638 valence electrons. The topological polar surface area (TPSA) is 549 Å². The number of carboxylic acids is 2. The van der Waals surface area contributed by atoms with E-state index in [1.807, 2.05) is 18.2 Å². The molecule has 1 saturated heterocycles. The van der Waals surface area contributed by atoms with E-state index in [4.69, 9.17) is 11.5 Å². The van der Waals surface area contributed by atoms with Crippen LogP contribution in [-0.2, 0) is 84.8 Å². The summed E-state index contributed by atoms with van der Waals surface area (Å²) >= 11 is 0. The number of carboxylic acid groups (broad SMARTS) is 2. The van der Waals surface area contributed by atoms with Gasteiger partial charge in [0, 0.05) is 55.7 Å². The van der Waals surface area contributed by atoms with Crippen molar-refractivity contribution in [3.05, 3.63) is 84.1 Å². The summed E-state index contributed by atoms with van der Waals surface area (Å²) in [6.45, 7) is 12.3. The predicted octanol–water partition coefficient (Wildman–Crippen LogP) is 2.01. The number of benzene rings is 2. The van der Waals surface area contributed by atoms with Crippen molar-refractivity contribution in [3.63, 3.8) is 0 Å². The maximum absolute atomic E-state index is 14.2. The lowest BCUT2D eigenvalue weighted by Crippen LogP contribution is -2.62. The SMILES string of the molecule is CC[C@H](C)[C@H](NC(=O)[C@H](CCC(N)=O)NC(=O)[C@@H]1CCCN1C(=O)CCCCCCC/C=C/CCCCCCCC(=O)N[C@@H](CO)C(=O)N[C@H](C(=O)N[C@@H](CC(C)C)C(=O)N[C@@H](CC(N)=O)C(=O)N[C@@H](Cc1ccccc1)C(=O)O)[C@@H](C)O)C(=O)N[C@H](C(=O)N[C@@H](CC(C)C)C(=O)N[C@@H](Cc1c[nH]c2ccccc12)C(=O)O)[C@@H](C)O. The highest BCUT2D eigenvalue weighted by Gasteiger charge is 2.41. The van der Waals surface area contributed by atoms with Gasteiger partial charge in [-0.05, 0) is 119 Å². The molecule has 20 N–H and O–H groups in total. The van der Waals surface area contributed by atoms with E-state index in [-0.39, 0.29) is 69.1 Å². The molecule has 2 heterocycles. The van der Waals surface area contributed by atoms with E-state index in [0.717, 1.165) is 68.7 Å². The van der Waals surface area contributed by atoms with Crippen molar-refractivity contribution in [2.75, 3.05) is 13.2 Å². The largest absolute Gasteiger partial charge is 0.480 e. The summed E-state index contributed by atoms with van der Waals surface area (Å²) in [5.74, 6) is -14.5. The number of aliphatic carboxylic acids is 2. The Bertz CT molecular complexity index is 3740. The number of aromatic nitrogens is 1. The molecule has 3 aromatic rings. The Morgan fingerprint density at radius 1 is 0.496 bits per heavy atom. The lowest BCUT2D eigenvalue weighted by atomic mass is 9.96. The summed E-state index contributed by atoms with van der Waals surface area (Å²) in [4.78, 5) is 204. The fourth-order valence-electron chi connectivity index (χ4n) is 13.3. The maximum atomic E-state index is 14.2. The lowest BCUT2D eigenvalue weighted by Gasteiger charge is -2.30. The summed E-state index contributed by atoms with van der Waals surface area (Å²) in [6, 6.07) is -0.0788. The number of aliphatic hydroxyl groups excluding tert-OH is 3. The molecule has 34 heteroatoms. The average Bonchev–Trinajstić information content (AvgIpc) is 1.62. The van der Waals surface area contributed by atoms with Crippen molar-refractivity contribution >= 4 is 99.6 Å². The Labute approximate surface area is 671 Å². The number of para-hydroxylation sites is 1. The summed E-state index contributed by atoms with van der Waals surface area (Å²) in [7, 11) is 0. The molecular weight excluding hydrogens is 1490 g/mol. The van der Waals surface area contributed by atoms with Crippen LogP contribution in [0.25, 0.3) is 10.9 Å². The number of nitrogens with zero attached hydrogens (tertiary/aromatic N) is 1. The molecule has 0 aliphatic carbocycles. The summed E-state index contributed by atoms with van der Waals surface area (Å²) in [5, 5.41) is 77.3. The van der Waals surface area contributed by atoms with E-state index < -0.39 is 180 Å². The molecule has 0 unspecified atom stereocenters. The minimum absolute atomic E-state index is 0.0344. The van der Waals surface area contributed by atoms with E-state index in [1.54, 1.807) is 84.1 Å². The van der Waals surface area contributed by atoms with Gasteiger partial charge in [-0.25, -0.2) is 9.59 Å². The third-order valence-corrected chi connectivity index (χ3v) is 20.0. The van der Waals surface area contributed by atoms with Crippen LogP contribution in [0, 0.1) is 17.8 Å². The van der Waals surface area contributed by atoms with Gasteiger partial charge in [0.15, 0.2) is 0 Å². The first-order valence-corrected chi connectivity index (χ1v) is 40.1. The van der Waals surface area contributed by atoms with Crippen molar-refractivity contribution in [3.8, 4) is 0 Å². The van der Waals surface area contributed by atoms with Crippen molar-refractivity contribution in [1.29, 1.82) is 0 Å². The van der Waals surface area contributed by atoms with Gasteiger partial charge in [0.2, 0.25) is 76.8 Å². The number of rotatable bonds is 55. The lowest BCUT2D eigenvalue weighted by molar-refractivity contribution is -0.143. The van der Waals surface area contributed by atoms with Crippen LogP contribution in [-0.4, -0.2) is 216 Å². The average molecular weight is 1610 g/mol. The number of carbonyl (C=O) groups excluding carboxylic acids is 13. The monoisotopic (exact) mass is 1610 g/mol. The molecule has 0 radical (unpaired) electrons. The Balaban J connectivity index is 1.16. The first kappa shape index (κ1) is 97.0. The first-order chi connectivity index (χ1) is 54.5. The quantitative estimate of drug-likeness (QED) is 0.0284. The molecule has 1 fully saturated rings. The van der Waals surface area contributed by atoms with E-state index in [9.17, 15) is 97.5 Å². The van der Waals surface area contributed by atoms with Crippen LogP contribution < -0.4 is 64.6 Å². The van der Waals surface area contributed by atoms with Gasteiger partial charge in [-0.15, -0.1) is 0 Å². The fourth-order valence-corrected chi connectivity index (χ4v) is 13.3. The number of carbonyl (C=O) groups is 15. The van der Waals surface area contributed by atoms with Crippen LogP contribution in [0.4, 0.5) is 0 Å². The number of primary amides is 2. The molecule has 34 nitrogen and oxygen atoms in total. The number of aliphatic hydroxyl groups is 3. The number of unbranched alkanes of at least 4 members (excludes halogenated alkanes) is 10. The van der Waals surface area contributed by atoms with Crippen molar-refractivity contribution < 1.29 is 97.5 Å². The van der Waals surface area contributed by atoms with Crippen LogP contribution in [0.15, 0.2) is 72.9 Å². The molecule has 13 amide bonds. The van der Waals surface area contributed by atoms with E-state index in [0.29, 0.717) is 56.2 Å². The summed E-state index contributed by atoms with van der Waals surface area (Å²) in [6.07, 6.45) is 12.5. The Hall–Kier alpha value is -10.4. The number of fused-ring (bicyclic) bond motifs is 1. The highest BCUT2D eigenvalue weighted by atomic mass is 16.4. The zero-order valence-corrected chi connectivity index (χ0v) is 67.5. The number of hydrogen-bond acceptors (Lipinski definition) is 18. The third kappa shape index (κ3) is 34.7. The van der Waals surface area contributed by atoms with Gasteiger partial charge in [0.25, 0.3) is 0 Å². The van der Waals surface area contributed by atoms with Gasteiger partial charge in [-0.1, -0.05) is 147 Å². The number of hydrogen-bond donors (Lipinski definition) is 18. The van der Waals surface area contributed by atoms with Gasteiger partial charge in [-0.2, -0.15) is 0 Å². The highest BCUT2D eigenvalue weighted by Crippen LogP contribution is 2.23. The number of nitrogens with one attached hydrogen (secondary N) is 11. The molecule has 1 aliphatic heterocycles.